The van der Waals surface area contributed by atoms with Crippen LogP contribution in [0.5, 0.6) is 17.6 Å². The number of nitrogen functional groups attached to an aromatic ring is 1. The van der Waals surface area contributed by atoms with Crippen molar-refractivity contribution in [1.29, 1.82) is 0 Å². The summed E-state index contributed by atoms with van der Waals surface area (Å²) in [6, 6.07) is 10.4. The van der Waals surface area contributed by atoms with Crippen molar-refractivity contribution in [3.05, 3.63) is 53.9 Å². The molecule has 10 heteroatoms. The molecule has 0 bridgehead atoms. The number of aliphatic hydroxyl groups excluding tert-OH is 1. The second-order valence-electron chi connectivity index (χ2n) is 10.3. The second kappa shape index (κ2) is 13.0. The first-order chi connectivity index (χ1) is 20.1. The van der Waals surface area contributed by atoms with Gasteiger partial charge in [-0.2, -0.15) is 4.98 Å². The van der Waals surface area contributed by atoms with Gasteiger partial charge in [-0.25, -0.2) is 4.98 Å². The molecule has 1 saturated carbocycles. The van der Waals surface area contributed by atoms with Crippen molar-refractivity contribution >= 4 is 28.0 Å². The molecule has 0 amide bonds. The number of nitrogens with two attached hydrogens (primary N) is 1. The molecule has 0 atom stereocenters. The Labute approximate surface area is 240 Å². The number of hydrazine groups is 1. The molecule has 2 heterocycles. The van der Waals surface area contributed by atoms with Gasteiger partial charge in [0.25, 0.3) is 0 Å². The maximum Gasteiger partial charge on any atom is 0.319 e. The number of methoxy groups -OCH3 is 2. The summed E-state index contributed by atoms with van der Waals surface area (Å²) in [5.74, 6) is 7.48. The van der Waals surface area contributed by atoms with Crippen LogP contribution in [0.4, 0.5) is 17.1 Å². The quantitative estimate of drug-likeness (QED) is 0.0921. The number of unbranched alkanes of at least 4 members (excludes halogenated alkanes) is 1. The van der Waals surface area contributed by atoms with Gasteiger partial charge in [0.1, 0.15) is 5.75 Å². The average Bonchev–Trinajstić information content (AvgIpc) is 3.56. The molecule has 0 aliphatic heterocycles. The van der Waals surface area contributed by atoms with E-state index in [4.69, 9.17) is 25.0 Å². The van der Waals surface area contributed by atoms with Crippen LogP contribution in [0.3, 0.4) is 0 Å². The number of ether oxygens (including phenoxy) is 3. The van der Waals surface area contributed by atoms with E-state index in [2.05, 4.69) is 39.8 Å². The van der Waals surface area contributed by atoms with Gasteiger partial charge in [0, 0.05) is 22.8 Å². The number of hydrogen-bond acceptors (Lipinski definition) is 10. The molecule has 0 radical (unpaired) electrons. The van der Waals surface area contributed by atoms with Crippen LogP contribution in [0.1, 0.15) is 62.5 Å². The number of pyridine rings is 1. The number of hydrogen-bond donors (Lipinski definition) is 4. The number of nitrogens with one attached hydrogen (secondary N) is 2. The molecule has 2 aromatic carbocycles. The number of benzene rings is 2. The number of rotatable bonds is 12. The summed E-state index contributed by atoms with van der Waals surface area (Å²) in [6.45, 7) is 2.64. The smallest absolute Gasteiger partial charge is 0.319 e. The van der Waals surface area contributed by atoms with Crippen LogP contribution in [0, 0.1) is 0 Å². The van der Waals surface area contributed by atoms with Crippen LogP contribution in [0.2, 0.25) is 0 Å². The van der Waals surface area contributed by atoms with Crippen molar-refractivity contribution in [1.82, 2.24) is 15.0 Å². The summed E-state index contributed by atoms with van der Waals surface area (Å²) >= 11 is 0. The molecule has 5 N–H and O–H groups in total. The molecule has 5 rings (SSSR count). The molecule has 0 spiro atoms. The lowest BCUT2D eigenvalue weighted by Gasteiger charge is -2.19. The Morgan fingerprint density at radius 3 is 2.54 bits per heavy atom. The van der Waals surface area contributed by atoms with Crippen LogP contribution in [-0.4, -0.2) is 40.9 Å². The van der Waals surface area contributed by atoms with Crippen molar-refractivity contribution < 1.29 is 19.3 Å². The lowest BCUT2D eigenvalue weighted by molar-refractivity contribution is 0.281. The number of aliphatic hydroxyl groups is 1. The summed E-state index contributed by atoms with van der Waals surface area (Å²) in [4.78, 5) is 13.4. The van der Waals surface area contributed by atoms with Crippen molar-refractivity contribution in [3.63, 3.8) is 0 Å². The molecule has 4 aromatic rings. The van der Waals surface area contributed by atoms with E-state index < -0.39 is 0 Å². The zero-order chi connectivity index (χ0) is 28.8. The molecule has 216 valence electrons. The largest absolute Gasteiger partial charge is 0.493 e. The Morgan fingerprint density at radius 1 is 1.00 bits per heavy atom. The van der Waals surface area contributed by atoms with Gasteiger partial charge >= 0.3 is 6.01 Å². The summed E-state index contributed by atoms with van der Waals surface area (Å²) < 4.78 is 17.1. The maximum absolute atomic E-state index is 10.0. The zero-order valence-corrected chi connectivity index (χ0v) is 23.9. The van der Waals surface area contributed by atoms with Gasteiger partial charge in [0.15, 0.2) is 0 Å². The minimum Gasteiger partial charge on any atom is -0.493 e. The fraction of sp³-hybridized carbons (Fsp3) is 0.387. The minimum absolute atomic E-state index is 0.0289. The van der Waals surface area contributed by atoms with Crippen LogP contribution >= 0.6 is 0 Å². The predicted molar refractivity (Wildman–Crippen MR) is 161 cm³/mol. The molecule has 10 nitrogen and oxygen atoms in total. The van der Waals surface area contributed by atoms with E-state index in [9.17, 15) is 5.11 Å². The van der Waals surface area contributed by atoms with Gasteiger partial charge in [0.05, 0.1) is 56.1 Å². The molecule has 0 saturated heterocycles. The van der Waals surface area contributed by atoms with E-state index in [1.165, 1.54) is 38.4 Å². The fourth-order valence-corrected chi connectivity index (χ4v) is 5.43. The normalized spacial score (nSPS) is 13.4. The van der Waals surface area contributed by atoms with Crippen LogP contribution in [0.25, 0.3) is 22.0 Å². The van der Waals surface area contributed by atoms with Crippen molar-refractivity contribution in [3.8, 4) is 28.8 Å². The third kappa shape index (κ3) is 6.13. The summed E-state index contributed by atoms with van der Waals surface area (Å²) in [6.07, 6.45) is 10.1. The van der Waals surface area contributed by atoms with E-state index in [1.54, 1.807) is 19.5 Å². The minimum atomic E-state index is -0.0289. The van der Waals surface area contributed by atoms with Crippen molar-refractivity contribution in [2.75, 3.05) is 31.6 Å². The van der Waals surface area contributed by atoms with Crippen LogP contribution < -0.4 is 30.8 Å². The highest BCUT2D eigenvalue weighted by atomic mass is 16.5. The highest BCUT2D eigenvalue weighted by molar-refractivity contribution is 6.02. The second-order valence-corrected chi connectivity index (χ2v) is 10.3. The first kappa shape index (κ1) is 28.4. The lowest BCUT2D eigenvalue weighted by atomic mass is 9.95. The first-order valence-corrected chi connectivity index (χ1v) is 14.1. The number of fused-ring (bicyclic) bond motifs is 1. The molecular formula is C31H38N6O4. The standard InChI is InChI=1S/C31H38N6O4/c1-4-5-10-41-28-15-24-26(14-23(28)25-16-34-31(40-3)36-30(25)39-2)33-17-27(37-32)29(24)35-22-12-19(18-38)11-21(13-22)20-8-6-7-9-20/h11-17,20,37-38H,4-10,18,32H2,1-3H3,(H,33,35). The number of nitrogens with zero attached hydrogens (tertiary/aromatic N) is 3. The monoisotopic (exact) mass is 558 g/mol. The summed E-state index contributed by atoms with van der Waals surface area (Å²) in [5, 5.41) is 14.4. The molecule has 1 fully saturated rings. The van der Waals surface area contributed by atoms with E-state index in [-0.39, 0.29) is 12.6 Å². The number of anilines is 3. The van der Waals surface area contributed by atoms with E-state index in [0.717, 1.165) is 46.2 Å². The first-order valence-electron chi connectivity index (χ1n) is 14.1. The Kier molecular flexibility index (Phi) is 9.01. The van der Waals surface area contributed by atoms with Crippen molar-refractivity contribution in [2.45, 2.75) is 58.0 Å². The topological polar surface area (TPSA) is 137 Å². The Morgan fingerprint density at radius 2 is 1.83 bits per heavy atom. The average molecular weight is 559 g/mol. The van der Waals surface area contributed by atoms with E-state index >= 15 is 0 Å². The SMILES string of the molecule is CCCCOc1cc2c(Nc3cc(CO)cc(C4CCCC4)c3)c(NN)cnc2cc1-c1cnc(OC)nc1OC. The van der Waals surface area contributed by atoms with Gasteiger partial charge in [-0.15, -0.1) is 0 Å². The third-order valence-corrected chi connectivity index (χ3v) is 7.57. The van der Waals surface area contributed by atoms with Gasteiger partial charge in [0.2, 0.25) is 5.88 Å². The predicted octanol–water partition coefficient (Wildman–Crippen LogP) is 6.07. The van der Waals surface area contributed by atoms with Gasteiger partial charge < -0.3 is 30.1 Å². The third-order valence-electron chi connectivity index (χ3n) is 7.57. The lowest BCUT2D eigenvalue weighted by Crippen LogP contribution is -2.10. The Balaban J connectivity index is 1.64. The maximum atomic E-state index is 10.0. The molecule has 41 heavy (non-hydrogen) atoms. The van der Waals surface area contributed by atoms with Gasteiger partial charge in [-0.3, -0.25) is 10.8 Å². The highest BCUT2D eigenvalue weighted by Gasteiger charge is 2.21. The number of aromatic nitrogens is 3. The zero-order valence-electron chi connectivity index (χ0n) is 23.9. The molecule has 1 aliphatic rings. The van der Waals surface area contributed by atoms with Gasteiger partial charge in [-0.05, 0) is 60.6 Å². The highest BCUT2D eigenvalue weighted by Crippen LogP contribution is 2.43. The van der Waals surface area contributed by atoms with Crippen LogP contribution in [-0.2, 0) is 6.61 Å². The Hall–Kier alpha value is -4.15. The summed E-state index contributed by atoms with van der Waals surface area (Å²) in [7, 11) is 3.07. The Bertz CT molecular complexity index is 1510. The summed E-state index contributed by atoms with van der Waals surface area (Å²) in [5.41, 5.74) is 9.31. The fourth-order valence-electron chi connectivity index (χ4n) is 5.43. The van der Waals surface area contributed by atoms with E-state index in [0.29, 0.717) is 35.4 Å². The van der Waals surface area contributed by atoms with Crippen LogP contribution in [0.15, 0.2) is 42.7 Å². The molecule has 1 aliphatic carbocycles. The van der Waals surface area contributed by atoms with Gasteiger partial charge in [-0.1, -0.05) is 32.3 Å². The molecule has 2 aromatic heterocycles. The van der Waals surface area contributed by atoms with E-state index in [1.807, 2.05) is 18.2 Å². The molecular weight excluding hydrogens is 520 g/mol. The molecule has 0 unspecified atom stereocenters. The van der Waals surface area contributed by atoms with Crippen molar-refractivity contribution in [2.24, 2.45) is 5.84 Å².